The molecule has 0 saturated heterocycles. The maximum Gasteiger partial charge on any atom is 0.226 e. The fraction of sp³-hybridized carbons (Fsp3) is 0.538. The van der Waals surface area contributed by atoms with Gasteiger partial charge in [0.1, 0.15) is 10.6 Å². The number of fused-ring (bicyclic) bond motifs is 1. The average molecular weight is 296 g/mol. The summed E-state index contributed by atoms with van der Waals surface area (Å²) in [5.41, 5.74) is 0. The first kappa shape index (κ1) is 14.4. The Kier molecular flexibility index (Phi) is 5.27. The average Bonchev–Trinajstić information content (AvgIpc) is 2.75. The van der Waals surface area contributed by atoms with E-state index in [0.717, 1.165) is 35.5 Å². The number of aromatic nitrogens is 2. The van der Waals surface area contributed by atoms with Gasteiger partial charge in [-0.25, -0.2) is 4.98 Å². The van der Waals surface area contributed by atoms with Gasteiger partial charge in [-0.15, -0.1) is 11.3 Å². The van der Waals surface area contributed by atoms with Crippen molar-refractivity contribution in [2.75, 3.05) is 35.7 Å². The van der Waals surface area contributed by atoms with Gasteiger partial charge in [-0.05, 0) is 38.3 Å². The third kappa shape index (κ3) is 3.73. The summed E-state index contributed by atoms with van der Waals surface area (Å²) in [5, 5.41) is 7.76. The lowest BCUT2D eigenvalue weighted by molar-refractivity contribution is 0.981. The van der Waals surface area contributed by atoms with Crippen molar-refractivity contribution in [1.82, 2.24) is 9.97 Å². The Morgan fingerprint density at radius 2 is 2.16 bits per heavy atom. The van der Waals surface area contributed by atoms with Crippen molar-refractivity contribution in [3.63, 3.8) is 0 Å². The summed E-state index contributed by atoms with van der Waals surface area (Å²) >= 11 is 3.59. The Morgan fingerprint density at radius 3 is 2.89 bits per heavy atom. The molecule has 0 aliphatic heterocycles. The second-order valence-electron chi connectivity index (χ2n) is 4.28. The van der Waals surface area contributed by atoms with Gasteiger partial charge in [-0.2, -0.15) is 16.7 Å². The molecule has 0 aliphatic rings. The first-order valence-electron chi connectivity index (χ1n) is 6.49. The largest absolute Gasteiger partial charge is 0.369 e. The van der Waals surface area contributed by atoms with E-state index >= 15 is 0 Å². The minimum absolute atomic E-state index is 0.712. The van der Waals surface area contributed by atoms with Crippen molar-refractivity contribution in [2.24, 2.45) is 0 Å². The van der Waals surface area contributed by atoms with Crippen LogP contribution in [0.2, 0.25) is 0 Å². The van der Waals surface area contributed by atoms with Gasteiger partial charge in [0.15, 0.2) is 0 Å². The summed E-state index contributed by atoms with van der Waals surface area (Å²) in [6.45, 7) is 5.95. The first-order chi connectivity index (χ1) is 9.24. The first-order valence-corrected chi connectivity index (χ1v) is 8.70. The molecular weight excluding hydrogens is 276 g/mol. The van der Waals surface area contributed by atoms with Crippen molar-refractivity contribution in [3.8, 4) is 0 Å². The van der Waals surface area contributed by atoms with Crippen LogP contribution in [-0.2, 0) is 0 Å². The van der Waals surface area contributed by atoms with Crippen molar-refractivity contribution >= 4 is 45.1 Å². The highest BCUT2D eigenvalue weighted by molar-refractivity contribution is 7.98. The van der Waals surface area contributed by atoms with Gasteiger partial charge in [0.05, 0.1) is 5.39 Å². The highest BCUT2D eigenvalue weighted by Crippen LogP contribution is 2.29. The van der Waals surface area contributed by atoms with Gasteiger partial charge in [0.25, 0.3) is 0 Å². The van der Waals surface area contributed by atoms with Gasteiger partial charge in [-0.3, -0.25) is 0 Å². The summed E-state index contributed by atoms with van der Waals surface area (Å²) in [7, 11) is 0. The van der Waals surface area contributed by atoms with E-state index in [9.17, 15) is 0 Å². The van der Waals surface area contributed by atoms with Crippen LogP contribution < -0.4 is 10.6 Å². The molecule has 0 bridgehead atoms. The molecule has 4 nitrogen and oxygen atoms in total. The van der Waals surface area contributed by atoms with Gasteiger partial charge >= 0.3 is 0 Å². The molecule has 0 unspecified atom stereocenters. The highest BCUT2D eigenvalue weighted by Gasteiger charge is 2.09. The van der Waals surface area contributed by atoms with E-state index in [-0.39, 0.29) is 0 Å². The molecule has 6 heteroatoms. The van der Waals surface area contributed by atoms with Gasteiger partial charge in [0, 0.05) is 18.0 Å². The van der Waals surface area contributed by atoms with Gasteiger partial charge in [0.2, 0.25) is 5.95 Å². The molecule has 0 radical (unpaired) electrons. The highest BCUT2D eigenvalue weighted by atomic mass is 32.2. The number of thiophene rings is 1. The summed E-state index contributed by atoms with van der Waals surface area (Å²) in [5.74, 6) is 2.83. The SMILES string of the molecule is CCNc1nc(NCCCSC)c2cc(C)sc2n1. The Morgan fingerprint density at radius 1 is 1.32 bits per heavy atom. The zero-order chi connectivity index (χ0) is 13.7. The standard InChI is InChI=1S/C13H20N4S2/c1-4-14-13-16-11(15-6-5-7-18-3)10-8-9(2)19-12(10)17-13/h8H,4-7H2,1-3H3,(H2,14,15,16,17). The quantitative estimate of drug-likeness (QED) is 0.765. The van der Waals surface area contributed by atoms with Crippen molar-refractivity contribution in [3.05, 3.63) is 10.9 Å². The normalized spacial score (nSPS) is 10.9. The molecule has 2 N–H and O–H groups in total. The molecule has 2 aromatic heterocycles. The minimum Gasteiger partial charge on any atom is -0.369 e. The van der Waals surface area contributed by atoms with E-state index in [1.807, 2.05) is 11.8 Å². The molecule has 19 heavy (non-hydrogen) atoms. The number of hydrogen-bond acceptors (Lipinski definition) is 6. The van der Waals surface area contributed by atoms with Crippen LogP contribution in [0, 0.1) is 6.92 Å². The van der Waals surface area contributed by atoms with Crippen LogP contribution in [0.1, 0.15) is 18.2 Å². The summed E-state index contributed by atoms with van der Waals surface area (Å²) < 4.78 is 0. The molecule has 104 valence electrons. The fourth-order valence-electron chi connectivity index (χ4n) is 1.84. The Labute approximate surface area is 122 Å². The lowest BCUT2D eigenvalue weighted by atomic mass is 10.3. The van der Waals surface area contributed by atoms with Gasteiger partial charge < -0.3 is 10.6 Å². The van der Waals surface area contributed by atoms with E-state index in [1.54, 1.807) is 11.3 Å². The molecule has 0 spiro atoms. The minimum atomic E-state index is 0.712. The van der Waals surface area contributed by atoms with Crippen LogP contribution in [0.4, 0.5) is 11.8 Å². The summed E-state index contributed by atoms with van der Waals surface area (Å²) in [4.78, 5) is 11.4. The monoisotopic (exact) mass is 296 g/mol. The molecule has 0 fully saturated rings. The van der Waals surface area contributed by atoms with Crippen LogP contribution >= 0.6 is 23.1 Å². The summed E-state index contributed by atoms with van der Waals surface area (Å²) in [6.07, 6.45) is 3.28. The maximum absolute atomic E-state index is 4.57. The second-order valence-corrected chi connectivity index (χ2v) is 6.50. The topological polar surface area (TPSA) is 49.8 Å². The van der Waals surface area contributed by atoms with Crippen LogP contribution in [0.25, 0.3) is 10.2 Å². The molecule has 0 amide bonds. The number of thioether (sulfide) groups is 1. The molecule has 2 aromatic rings. The zero-order valence-electron chi connectivity index (χ0n) is 11.6. The van der Waals surface area contributed by atoms with Gasteiger partial charge in [-0.1, -0.05) is 0 Å². The van der Waals surface area contributed by atoms with E-state index in [1.165, 1.54) is 10.6 Å². The van der Waals surface area contributed by atoms with Crippen LogP contribution in [0.15, 0.2) is 6.07 Å². The lowest BCUT2D eigenvalue weighted by Crippen LogP contribution is -2.08. The molecule has 0 saturated carbocycles. The smallest absolute Gasteiger partial charge is 0.226 e. The Bertz CT molecular complexity index is 539. The molecule has 2 rings (SSSR count). The van der Waals surface area contributed by atoms with Crippen LogP contribution in [-0.4, -0.2) is 35.1 Å². The summed E-state index contributed by atoms with van der Waals surface area (Å²) in [6, 6.07) is 2.16. The van der Waals surface area contributed by atoms with Crippen LogP contribution in [0.5, 0.6) is 0 Å². The molecule has 0 aromatic carbocycles. The predicted octanol–water partition coefficient (Wildman–Crippen LogP) is 3.60. The zero-order valence-corrected chi connectivity index (χ0v) is 13.2. The maximum atomic E-state index is 4.57. The number of anilines is 2. The number of nitrogens with zero attached hydrogens (tertiary/aromatic N) is 2. The van der Waals surface area contributed by atoms with Crippen LogP contribution in [0.3, 0.4) is 0 Å². The van der Waals surface area contributed by atoms with E-state index < -0.39 is 0 Å². The van der Waals surface area contributed by atoms with E-state index in [2.05, 4.69) is 46.8 Å². The van der Waals surface area contributed by atoms with E-state index in [0.29, 0.717) is 5.95 Å². The third-order valence-corrected chi connectivity index (χ3v) is 4.31. The Hall–Kier alpha value is -1.01. The van der Waals surface area contributed by atoms with Crippen molar-refractivity contribution < 1.29 is 0 Å². The fourth-order valence-corrected chi connectivity index (χ4v) is 3.15. The van der Waals surface area contributed by atoms with E-state index in [4.69, 9.17) is 0 Å². The number of rotatable bonds is 7. The predicted molar refractivity (Wildman–Crippen MR) is 87.8 cm³/mol. The number of hydrogen-bond donors (Lipinski definition) is 2. The number of aryl methyl sites for hydroxylation is 1. The van der Waals surface area contributed by atoms with Crippen molar-refractivity contribution in [1.29, 1.82) is 0 Å². The number of nitrogens with one attached hydrogen (secondary N) is 2. The third-order valence-electron chi connectivity index (χ3n) is 2.67. The molecule has 2 heterocycles. The molecule has 0 aliphatic carbocycles. The van der Waals surface area contributed by atoms with Crippen molar-refractivity contribution in [2.45, 2.75) is 20.3 Å². The molecular formula is C13H20N4S2. The molecule has 0 atom stereocenters. The Balaban J connectivity index is 2.22. The lowest BCUT2D eigenvalue weighted by Gasteiger charge is -2.08. The second kappa shape index (κ2) is 6.96.